The molecule has 1 atom stereocenters. The first-order chi connectivity index (χ1) is 19.1. The van der Waals surface area contributed by atoms with Gasteiger partial charge in [-0.1, -0.05) is 18.6 Å². The second-order valence-electron chi connectivity index (χ2n) is 11.1. The lowest BCUT2D eigenvalue weighted by Crippen LogP contribution is -2.36. The van der Waals surface area contributed by atoms with Gasteiger partial charge in [0, 0.05) is 32.4 Å². The number of carbonyl (C=O) groups excluding carboxylic acids is 1. The van der Waals surface area contributed by atoms with E-state index in [2.05, 4.69) is 10.2 Å². The molecule has 11 heteroatoms. The molecule has 1 aliphatic carbocycles. The average Bonchev–Trinajstić information content (AvgIpc) is 3.47. The number of imidazole rings is 1. The van der Waals surface area contributed by atoms with Crippen LogP contribution in [0.3, 0.4) is 0 Å². The van der Waals surface area contributed by atoms with E-state index in [-0.39, 0.29) is 23.3 Å². The highest BCUT2D eigenvalue weighted by Crippen LogP contribution is 2.46. The monoisotopic (exact) mass is 552 g/mol. The van der Waals surface area contributed by atoms with E-state index in [9.17, 15) is 22.8 Å². The molecule has 0 bridgehead atoms. The second-order valence-corrected chi connectivity index (χ2v) is 11.1. The SMILES string of the molecule is CC(=O)N1CCC(c2cc(C(F)(F)F)c3cn(-c4cccc([C@H]([C]5N=NC=[N+]5C)C5CCC5)c4)c(=O)n3c2)CC1. The number of carbonyl (C=O) groups is 1. The van der Waals surface area contributed by atoms with Gasteiger partial charge in [-0.2, -0.15) is 13.2 Å². The summed E-state index contributed by atoms with van der Waals surface area (Å²) in [6, 6.07) is 8.61. The van der Waals surface area contributed by atoms with Gasteiger partial charge in [-0.15, -0.1) is 0 Å². The highest BCUT2D eigenvalue weighted by molar-refractivity contribution is 5.73. The summed E-state index contributed by atoms with van der Waals surface area (Å²) in [5, 5.41) is 8.40. The van der Waals surface area contributed by atoms with Crippen molar-refractivity contribution in [3.63, 3.8) is 0 Å². The Morgan fingerprint density at radius 3 is 2.45 bits per heavy atom. The minimum absolute atomic E-state index is 0.0212. The van der Waals surface area contributed by atoms with Crippen LogP contribution in [0.1, 0.15) is 67.6 Å². The first kappa shape index (κ1) is 26.5. The summed E-state index contributed by atoms with van der Waals surface area (Å²) < 4.78 is 47.2. The molecule has 1 aromatic carbocycles. The normalized spacial score (nSPS) is 19.7. The van der Waals surface area contributed by atoms with E-state index < -0.39 is 17.4 Å². The van der Waals surface area contributed by atoms with Crippen molar-refractivity contribution in [3.05, 3.63) is 76.1 Å². The first-order valence-corrected chi connectivity index (χ1v) is 13.7. The quantitative estimate of drug-likeness (QED) is 0.401. The number of piperidine rings is 1. The van der Waals surface area contributed by atoms with Crippen molar-refractivity contribution in [2.75, 3.05) is 20.1 Å². The van der Waals surface area contributed by atoms with Gasteiger partial charge in [0.2, 0.25) is 5.91 Å². The van der Waals surface area contributed by atoms with Crippen LogP contribution in [-0.4, -0.2) is 50.8 Å². The van der Waals surface area contributed by atoms with E-state index >= 15 is 0 Å². The zero-order chi connectivity index (χ0) is 28.2. The van der Waals surface area contributed by atoms with Gasteiger partial charge in [-0.3, -0.25) is 13.8 Å². The van der Waals surface area contributed by atoms with Crippen LogP contribution in [-0.2, 0) is 11.0 Å². The molecule has 2 fully saturated rings. The summed E-state index contributed by atoms with van der Waals surface area (Å²) in [5.74, 6) is 0.150. The molecular weight excluding hydrogens is 521 g/mol. The molecule has 1 saturated carbocycles. The lowest BCUT2D eigenvalue weighted by atomic mass is 9.71. The molecule has 0 unspecified atom stereocenters. The number of hydrogen-bond acceptors (Lipinski definition) is 4. The Kier molecular flexibility index (Phi) is 6.62. The third-order valence-corrected chi connectivity index (χ3v) is 8.66. The Morgan fingerprint density at radius 2 is 1.85 bits per heavy atom. The van der Waals surface area contributed by atoms with Gasteiger partial charge in [0.25, 0.3) is 0 Å². The zero-order valence-electron chi connectivity index (χ0n) is 22.4. The minimum Gasteiger partial charge on any atom is -0.343 e. The predicted molar refractivity (Wildman–Crippen MR) is 143 cm³/mol. The second kappa shape index (κ2) is 10.0. The van der Waals surface area contributed by atoms with E-state index in [0.29, 0.717) is 43.1 Å². The molecule has 2 aromatic heterocycles. The maximum atomic E-state index is 14.3. The van der Waals surface area contributed by atoms with E-state index in [4.69, 9.17) is 0 Å². The van der Waals surface area contributed by atoms with Crippen molar-refractivity contribution in [2.24, 2.45) is 16.1 Å². The summed E-state index contributed by atoms with van der Waals surface area (Å²) in [4.78, 5) is 27.0. The standard InChI is InChI=1S/C29H31F3N6O2/c1-18(39)36-11-9-19(10-12-36)22-14-24(29(30,31)32)25-16-37(28(40)38(25)15-22)23-8-4-7-21(13-23)26(20-5-3-6-20)27-34-33-17-35(27)2/h4,7-8,13-17,19-20,26H,3,5-6,9-12H2,1-2H3/q+1/t26-/m1/s1. The molecule has 0 N–H and O–H groups in total. The third kappa shape index (κ3) is 4.65. The van der Waals surface area contributed by atoms with E-state index in [0.717, 1.165) is 35.4 Å². The molecule has 3 aliphatic rings. The molecule has 209 valence electrons. The summed E-state index contributed by atoms with van der Waals surface area (Å²) in [7, 11) is 1.90. The molecule has 1 saturated heterocycles. The van der Waals surface area contributed by atoms with E-state index in [1.807, 2.05) is 29.8 Å². The van der Waals surface area contributed by atoms with Gasteiger partial charge in [0.15, 0.2) is 0 Å². The van der Waals surface area contributed by atoms with Crippen LogP contribution < -0.4 is 5.69 Å². The van der Waals surface area contributed by atoms with Crippen LogP contribution in [0.4, 0.5) is 13.2 Å². The number of fused-ring (bicyclic) bond motifs is 1. The lowest BCUT2D eigenvalue weighted by Gasteiger charge is -2.34. The number of nitrogens with zero attached hydrogens (tertiary/aromatic N) is 6. The van der Waals surface area contributed by atoms with Crippen LogP contribution in [0.25, 0.3) is 11.2 Å². The van der Waals surface area contributed by atoms with Gasteiger partial charge >= 0.3 is 24.4 Å². The Morgan fingerprint density at radius 1 is 1.10 bits per heavy atom. The summed E-state index contributed by atoms with van der Waals surface area (Å²) >= 11 is 0. The van der Waals surface area contributed by atoms with Crippen LogP contribution in [0.5, 0.6) is 0 Å². The molecule has 4 heterocycles. The van der Waals surface area contributed by atoms with E-state index in [1.54, 1.807) is 17.3 Å². The molecule has 1 amide bonds. The Bertz CT molecular complexity index is 1570. The molecule has 0 spiro atoms. The van der Waals surface area contributed by atoms with Gasteiger partial charge in [-0.25, -0.2) is 9.37 Å². The number of aromatic nitrogens is 2. The summed E-state index contributed by atoms with van der Waals surface area (Å²) in [5.41, 5.74) is 0.342. The highest BCUT2D eigenvalue weighted by Gasteiger charge is 2.42. The van der Waals surface area contributed by atoms with Crippen molar-refractivity contribution in [1.29, 1.82) is 0 Å². The Hall–Kier alpha value is -3.76. The van der Waals surface area contributed by atoms with Gasteiger partial charge in [-0.05, 0) is 72.0 Å². The fraction of sp³-hybridized carbons (Fsp3) is 0.448. The number of hydrogen-bond donors (Lipinski definition) is 0. The largest absolute Gasteiger partial charge is 0.418 e. The van der Waals surface area contributed by atoms with Crippen LogP contribution >= 0.6 is 0 Å². The van der Waals surface area contributed by atoms with Crippen molar-refractivity contribution < 1.29 is 22.5 Å². The van der Waals surface area contributed by atoms with Crippen LogP contribution in [0.15, 0.2) is 57.7 Å². The molecule has 3 aromatic rings. The molecule has 2 aliphatic heterocycles. The van der Waals surface area contributed by atoms with Gasteiger partial charge < -0.3 is 4.90 Å². The Labute approximate surface area is 229 Å². The maximum absolute atomic E-state index is 14.3. The van der Waals surface area contributed by atoms with Crippen molar-refractivity contribution in [1.82, 2.24) is 13.9 Å². The molecule has 1 radical (unpaired) electrons. The lowest BCUT2D eigenvalue weighted by molar-refractivity contribution is -0.480. The fourth-order valence-electron chi connectivity index (χ4n) is 6.22. The topological polar surface area (TPSA) is 74.4 Å². The molecular formula is C29H31F3N6O2+. The smallest absolute Gasteiger partial charge is 0.343 e. The Balaban J connectivity index is 1.41. The molecule has 8 nitrogen and oxygen atoms in total. The highest BCUT2D eigenvalue weighted by atomic mass is 19.4. The summed E-state index contributed by atoms with van der Waals surface area (Å²) in [6.07, 6.45) is 5.02. The number of pyridine rings is 1. The first-order valence-electron chi connectivity index (χ1n) is 13.7. The van der Waals surface area contributed by atoms with Gasteiger partial charge in [0.1, 0.15) is 0 Å². The predicted octanol–water partition coefficient (Wildman–Crippen LogP) is 5.34. The van der Waals surface area contributed by atoms with Crippen molar-refractivity contribution >= 4 is 17.8 Å². The number of alkyl halides is 3. The fourth-order valence-corrected chi connectivity index (χ4v) is 6.22. The number of likely N-dealkylation sites (tertiary alicyclic amines) is 1. The van der Waals surface area contributed by atoms with Crippen molar-refractivity contribution in [3.8, 4) is 5.69 Å². The maximum Gasteiger partial charge on any atom is 0.418 e. The van der Waals surface area contributed by atoms with Crippen LogP contribution in [0.2, 0.25) is 0 Å². The summed E-state index contributed by atoms with van der Waals surface area (Å²) in [6.45, 7) is 2.46. The van der Waals surface area contributed by atoms with Gasteiger partial charge in [0.05, 0.1) is 34.8 Å². The third-order valence-electron chi connectivity index (χ3n) is 8.66. The zero-order valence-corrected chi connectivity index (χ0v) is 22.4. The number of likely N-dealkylation sites (N-methyl/N-ethyl adjacent to an activating group) is 1. The molecule has 6 rings (SSSR count). The average molecular weight is 553 g/mol. The number of azo groups is 1. The number of rotatable bonds is 5. The number of benzene rings is 1. The number of halogens is 3. The van der Waals surface area contributed by atoms with Crippen molar-refractivity contribution in [2.45, 2.75) is 57.0 Å². The van der Waals surface area contributed by atoms with Crippen LogP contribution in [0, 0.1) is 12.1 Å². The molecule has 40 heavy (non-hydrogen) atoms. The van der Waals surface area contributed by atoms with E-state index in [1.165, 1.54) is 30.0 Å². The number of amides is 1. The minimum atomic E-state index is -4.64.